The predicted molar refractivity (Wildman–Crippen MR) is 90.6 cm³/mol. The lowest BCUT2D eigenvalue weighted by Crippen LogP contribution is -2.45. The van der Waals surface area contributed by atoms with Crippen LogP contribution in [0.25, 0.3) is 0 Å². The highest BCUT2D eigenvalue weighted by Crippen LogP contribution is 2.37. The van der Waals surface area contributed by atoms with Gasteiger partial charge < -0.3 is 10.1 Å². The van der Waals surface area contributed by atoms with Gasteiger partial charge in [-0.2, -0.15) is 0 Å². The van der Waals surface area contributed by atoms with Crippen molar-refractivity contribution in [3.05, 3.63) is 64.2 Å². The fraction of sp³-hybridized carbons (Fsp3) is 0.333. The molecule has 1 aliphatic heterocycles. The number of nitrogens with one attached hydrogen (secondary N) is 1. The molecule has 0 spiro atoms. The van der Waals surface area contributed by atoms with Crippen molar-refractivity contribution in [1.29, 1.82) is 0 Å². The van der Waals surface area contributed by atoms with Crippen LogP contribution in [-0.4, -0.2) is 38.2 Å². The predicted octanol–water partition coefficient (Wildman–Crippen LogP) is 3.62. The summed E-state index contributed by atoms with van der Waals surface area (Å²) >= 11 is 6.17. The molecule has 1 saturated heterocycles. The van der Waals surface area contributed by atoms with E-state index in [4.69, 9.17) is 16.3 Å². The van der Waals surface area contributed by atoms with E-state index in [0.717, 1.165) is 37.8 Å². The van der Waals surface area contributed by atoms with Gasteiger partial charge in [-0.1, -0.05) is 17.7 Å². The van der Waals surface area contributed by atoms with Crippen molar-refractivity contribution < 1.29 is 13.5 Å². The molecule has 24 heavy (non-hydrogen) atoms. The van der Waals surface area contributed by atoms with Crippen LogP contribution >= 0.6 is 11.6 Å². The van der Waals surface area contributed by atoms with Gasteiger partial charge in [0.05, 0.1) is 13.2 Å². The average molecular weight is 353 g/mol. The molecular weight excluding hydrogens is 334 g/mol. The van der Waals surface area contributed by atoms with E-state index in [0.29, 0.717) is 16.3 Å². The minimum atomic E-state index is -0.589. The van der Waals surface area contributed by atoms with Gasteiger partial charge in [-0.15, -0.1) is 0 Å². The molecule has 1 N–H and O–H groups in total. The Kier molecular flexibility index (Phi) is 5.33. The monoisotopic (exact) mass is 352 g/mol. The van der Waals surface area contributed by atoms with E-state index < -0.39 is 11.6 Å². The third-order valence-corrected chi connectivity index (χ3v) is 4.50. The Balaban J connectivity index is 2.13. The highest BCUT2D eigenvalue weighted by molar-refractivity contribution is 6.30. The first-order chi connectivity index (χ1) is 11.6. The molecule has 0 aromatic heterocycles. The van der Waals surface area contributed by atoms with Crippen molar-refractivity contribution in [2.75, 3.05) is 33.3 Å². The van der Waals surface area contributed by atoms with Crippen LogP contribution in [-0.2, 0) is 0 Å². The fourth-order valence-electron chi connectivity index (χ4n) is 3.14. The Hall–Kier alpha value is -1.69. The highest BCUT2D eigenvalue weighted by Gasteiger charge is 2.29. The van der Waals surface area contributed by atoms with Crippen molar-refractivity contribution in [2.45, 2.75) is 6.04 Å². The Morgan fingerprint density at radius 3 is 2.50 bits per heavy atom. The van der Waals surface area contributed by atoms with E-state index in [1.54, 1.807) is 25.3 Å². The first-order valence-corrected chi connectivity index (χ1v) is 8.21. The molecule has 3 nitrogen and oxygen atoms in total. The molecule has 0 radical (unpaired) electrons. The lowest BCUT2D eigenvalue weighted by Gasteiger charge is -2.36. The first kappa shape index (κ1) is 17.1. The number of benzene rings is 2. The number of nitrogens with zero attached hydrogens (tertiary/aromatic N) is 1. The fourth-order valence-corrected chi connectivity index (χ4v) is 3.32. The highest BCUT2D eigenvalue weighted by atomic mass is 35.5. The zero-order valence-electron chi connectivity index (χ0n) is 13.4. The summed E-state index contributed by atoms with van der Waals surface area (Å²) in [5, 5.41) is 3.83. The van der Waals surface area contributed by atoms with Gasteiger partial charge in [0.15, 0.2) is 0 Å². The maximum atomic E-state index is 14.5. The summed E-state index contributed by atoms with van der Waals surface area (Å²) in [7, 11) is 1.57. The number of methoxy groups -OCH3 is 1. The number of piperazine rings is 1. The molecular formula is C18H19ClF2N2O. The molecule has 1 heterocycles. The molecule has 128 valence electrons. The van der Waals surface area contributed by atoms with Crippen LogP contribution in [0, 0.1) is 11.6 Å². The maximum Gasteiger partial charge on any atom is 0.131 e. The van der Waals surface area contributed by atoms with Gasteiger partial charge in [0.2, 0.25) is 0 Å². The van der Waals surface area contributed by atoms with E-state index in [2.05, 4.69) is 10.2 Å². The van der Waals surface area contributed by atoms with Crippen LogP contribution in [0.1, 0.15) is 17.2 Å². The molecule has 1 fully saturated rings. The molecule has 0 aliphatic carbocycles. The zero-order chi connectivity index (χ0) is 17.1. The third kappa shape index (κ3) is 3.53. The number of rotatable bonds is 4. The molecule has 2 aromatic carbocycles. The molecule has 0 saturated carbocycles. The Labute approximate surface area is 145 Å². The minimum absolute atomic E-state index is 0.388. The van der Waals surface area contributed by atoms with E-state index >= 15 is 0 Å². The normalized spacial score (nSPS) is 16.8. The summed E-state index contributed by atoms with van der Waals surface area (Å²) in [5.74, 6) is -0.527. The molecule has 1 atom stereocenters. The van der Waals surface area contributed by atoms with Gasteiger partial charge in [-0.05, 0) is 24.3 Å². The lowest BCUT2D eigenvalue weighted by atomic mass is 9.95. The van der Waals surface area contributed by atoms with E-state index in [9.17, 15) is 8.78 Å². The van der Waals surface area contributed by atoms with Crippen LogP contribution < -0.4 is 10.1 Å². The molecule has 2 aromatic rings. The quantitative estimate of drug-likeness (QED) is 0.909. The van der Waals surface area contributed by atoms with E-state index in [-0.39, 0.29) is 6.04 Å². The topological polar surface area (TPSA) is 24.5 Å². The smallest absolute Gasteiger partial charge is 0.131 e. The first-order valence-electron chi connectivity index (χ1n) is 7.83. The summed E-state index contributed by atoms with van der Waals surface area (Å²) < 4.78 is 33.3. The maximum absolute atomic E-state index is 14.5. The van der Waals surface area contributed by atoms with Crippen molar-refractivity contribution in [3.63, 3.8) is 0 Å². The largest absolute Gasteiger partial charge is 0.496 e. The van der Waals surface area contributed by atoms with Crippen LogP contribution in [0.5, 0.6) is 5.75 Å². The number of hydrogen-bond donors (Lipinski definition) is 1. The summed E-state index contributed by atoms with van der Waals surface area (Å²) in [6.07, 6.45) is 0. The van der Waals surface area contributed by atoms with Gasteiger partial charge >= 0.3 is 0 Å². The van der Waals surface area contributed by atoms with Gasteiger partial charge in [-0.3, -0.25) is 4.90 Å². The van der Waals surface area contributed by atoms with Gasteiger partial charge in [0.1, 0.15) is 17.4 Å². The number of hydrogen-bond acceptors (Lipinski definition) is 3. The molecule has 1 aliphatic rings. The van der Waals surface area contributed by atoms with Crippen molar-refractivity contribution in [2.24, 2.45) is 0 Å². The van der Waals surface area contributed by atoms with Gasteiger partial charge in [-0.25, -0.2) is 8.78 Å². The number of halogens is 3. The SMILES string of the molecule is COc1ccc(Cl)cc1C(c1ccc(F)cc1F)N1CCNCC1. The molecule has 1 unspecified atom stereocenters. The second-order valence-electron chi connectivity index (χ2n) is 5.74. The molecule has 0 amide bonds. The molecule has 6 heteroatoms. The summed E-state index contributed by atoms with van der Waals surface area (Å²) in [4.78, 5) is 2.15. The minimum Gasteiger partial charge on any atom is -0.496 e. The Bertz CT molecular complexity index is 720. The summed E-state index contributed by atoms with van der Waals surface area (Å²) in [6, 6.07) is 8.61. The molecule has 3 rings (SSSR count). The van der Waals surface area contributed by atoms with Crippen LogP contribution in [0.2, 0.25) is 5.02 Å². The van der Waals surface area contributed by atoms with Crippen molar-refractivity contribution in [1.82, 2.24) is 10.2 Å². The second-order valence-corrected chi connectivity index (χ2v) is 6.18. The summed E-state index contributed by atoms with van der Waals surface area (Å²) in [5.41, 5.74) is 1.19. The third-order valence-electron chi connectivity index (χ3n) is 4.26. The van der Waals surface area contributed by atoms with Crippen molar-refractivity contribution >= 4 is 11.6 Å². The van der Waals surface area contributed by atoms with E-state index in [1.165, 1.54) is 12.1 Å². The number of ether oxygens (including phenoxy) is 1. The van der Waals surface area contributed by atoms with E-state index in [1.807, 2.05) is 0 Å². The average Bonchev–Trinajstić information content (AvgIpc) is 2.58. The van der Waals surface area contributed by atoms with Crippen molar-refractivity contribution in [3.8, 4) is 5.75 Å². The van der Waals surface area contributed by atoms with Gasteiger partial charge in [0.25, 0.3) is 0 Å². The van der Waals surface area contributed by atoms with Gasteiger partial charge in [0, 0.05) is 48.4 Å². The van der Waals surface area contributed by atoms with Crippen LogP contribution in [0.4, 0.5) is 8.78 Å². The summed E-state index contributed by atoms with van der Waals surface area (Å²) in [6.45, 7) is 3.11. The van der Waals surface area contributed by atoms with Crippen LogP contribution in [0.15, 0.2) is 36.4 Å². The zero-order valence-corrected chi connectivity index (χ0v) is 14.1. The Morgan fingerprint density at radius 2 is 1.83 bits per heavy atom. The second kappa shape index (κ2) is 7.47. The van der Waals surface area contributed by atoms with Crippen LogP contribution in [0.3, 0.4) is 0 Å². The Morgan fingerprint density at radius 1 is 1.08 bits per heavy atom. The standard InChI is InChI=1S/C18H19ClF2N2O/c1-24-17-5-2-12(19)10-15(17)18(23-8-6-22-7-9-23)14-4-3-13(20)11-16(14)21/h2-5,10-11,18,22H,6-9H2,1H3. The lowest BCUT2D eigenvalue weighted by molar-refractivity contribution is 0.192. The molecule has 0 bridgehead atoms.